The van der Waals surface area contributed by atoms with E-state index < -0.39 is 41.0 Å². The van der Waals surface area contributed by atoms with Gasteiger partial charge in [-0.15, -0.1) is 0 Å². The number of hydrogen-bond donors (Lipinski definition) is 3. The van der Waals surface area contributed by atoms with Crippen LogP contribution in [0.3, 0.4) is 0 Å². The molecule has 106 valence electrons. The number of hydrogen-bond acceptors (Lipinski definition) is 6. The minimum Gasteiger partial charge on any atom is -0.479 e. The van der Waals surface area contributed by atoms with Crippen LogP contribution in [0.5, 0.6) is 0 Å². The Kier molecular flexibility index (Phi) is 6.58. The minimum absolute atomic E-state index is 0.481. The van der Waals surface area contributed by atoms with E-state index in [1.807, 2.05) is 4.72 Å². The van der Waals surface area contributed by atoms with Crippen LogP contribution >= 0.6 is 0 Å². The van der Waals surface area contributed by atoms with Crippen LogP contribution in [-0.4, -0.2) is 51.4 Å². The maximum Gasteiger partial charge on any atom is 0.422 e. The lowest BCUT2D eigenvalue weighted by molar-refractivity contribution is -0.147. The Morgan fingerprint density at radius 2 is 1.89 bits per heavy atom. The number of nitrogens with one attached hydrogen (secondary N) is 2. The maximum atomic E-state index is 11.3. The van der Waals surface area contributed by atoms with Crippen molar-refractivity contribution in [1.29, 1.82) is 0 Å². The van der Waals surface area contributed by atoms with E-state index in [2.05, 4.69) is 9.47 Å². The standard InChI is InChI=1S/C8H16N2O7S/c1-5(2)17-8(13)10-18(14,15)9-4-6(16-3)7(11)12/h5-6,9H,4H2,1-3H3,(H,10,13)(H,11,12). The van der Waals surface area contributed by atoms with Crippen molar-refractivity contribution in [3.63, 3.8) is 0 Å². The van der Waals surface area contributed by atoms with Crippen LogP contribution in [0.4, 0.5) is 4.79 Å². The van der Waals surface area contributed by atoms with Gasteiger partial charge in [-0.25, -0.2) is 14.3 Å². The number of ether oxygens (including phenoxy) is 2. The molecule has 0 aliphatic heterocycles. The molecule has 0 saturated carbocycles. The first kappa shape index (κ1) is 16.6. The highest BCUT2D eigenvalue weighted by molar-refractivity contribution is 7.88. The largest absolute Gasteiger partial charge is 0.479 e. The van der Waals surface area contributed by atoms with Crippen molar-refractivity contribution in [2.75, 3.05) is 13.7 Å². The van der Waals surface area contributed by atoms with Gasteiger partial charge in [0.05, 0.1) is 6.10 Å². The fourth-order valence-corrected chi connectivity index (χ4v) is 1.55. The SMILES string of the molecule is COC(CNS(=O)(=O)NC(=O)OC(C)C)C(=O)O. The fourth-order valence-electron chi connectivity index (χ4n) is 0.841. The van der Waals surface area contributed by atoms with Gasteiger partial charge in [0, 0.05) is 13.7 Å². The van der Waals surface area contributed by atoms with Crippen LogP contribution in [0.15, 0.2) is 0 Å². The van der Waals surface area contributed by atoms with Crippen LogP contribution in [0, 0.1) is 0 Å². The Bertz CT molecular complexity index is 392. The van der Waals surface area contributed by atoms with Crippen LogP contribution in [0.25, 0.3) is 0 Å². The van der Waals surface area contributed by atoms with Crippen LogP contribution in [-0.2, 0) is 24.5 Å². The first-order valence-corrected chi connectivity index (χ1v) is 6.40. The normalized spacial score (nSPS) is 13.1. The fraction of sp³-hybridized carbons (Fsp3) is 0.750. The molecule has 10 heteroatoms. The van der Waals surface area contributed by atoms with Crippen molar-refractivity contribution in [3.05, 3.63) is 0 Å². The predicted octanol–water partition coefficient (Wildman–Crippen LogP) is -0.945. The summed E-state index contributed by atoms with van der Waals surface area (Å²) in [4.78, 5) is 21.6. The molecule has 1 unspecified atom stereocenters. The van der Waals surface area contributed by atoms with Gasteiger partial charge in [-0.2, -0.15) is 13.1 Å². The first-order chi connectivity index (χ1) is 8.18. The van der Waals surface area contributed by atoms with Gasteiger partial charge in [-0.05, 0) is 13.8 Å². The van der Waals surface area contributed by atoms with E-state index in [4.69, 9.17) is 5.11 Å². The summed E-state index contributed by atoms with van der Waals surface area (Å²) in [6.07, 6.45) is -2.98. The highest BCUT2D eigenvalue weighted by Crippen LogP contribution is 1.92. The Hall–Kier alpha value is -1.39. The highest BCUT2D eigenvalue weighted by Gasteiger charge is 2.21. The average molecular weight is 284 g/mol. The molecule has 0 radical (unpaired) electrons. The third-order valence-corrected chi connectivity index (χ3v) is 2.56. The van der Waals surface area contributed by atoms with Crippen LogP contribution < -0.4 is 9.44 Å². The quantitative estimate of drug-likeness (QED) is 0.549. The molecule has 0 aliphatic carbocycles. The summed E-state index contributed by atoms with van der Waals surface area (Å²) in [7, 11) is -3.06. The number of carboxylic acid groups (broad SMARTS) is 1. The van der Waals surface area contributed by atoms with E-state index >= 15 is 0 Å². The number of amides is 1. The Labute approximate surface area is 105 Å². The van der Waals surface area contributed by atoms with Gasteiger partial charge >= 0.3 is 22.3 Å². The lowest BCUT2D eigenvalue weighted by Gasteiger charge is -2.13. The molecule has 0 aromatic carbocycles. The Morgan fingerprint density at radius 1 is 1.33 bits per heavy atom. The van der Waals surface area contributed by atoms with E-state index in [0.29, 0.717) is 0 Å². The molecule has 0 aromatic heterocycles. The maximum absolute atomic E-state index is 11.3. The third kappa shape index (κ3) is 7.04. The molecule has 1 amide bonds. The number of carbonyl (C=O) groups excluding carboxylic acids is 1. The van der Waals surface area contributed by atoms with E-state index in [0.717, 1.165) is 7.11 Å². The molecule has 0 aromatic rings. The molecule has 0 heterocycles. The van der Waals surface area contributed by atoms with Crippen molar-refractivity contribution in [1.82, 2.24) is 9.44 Å². The molecule has 0 aliphatic rings. The van der Waals surface area contributed by atoms with Gasteiger partial charge in [-0.1, -0.05) is 0 Å². The van der Waals surface area contributed by atoms with E-state index in [1.165, 1.54) is 0 Å². The third-order valence-electron chi connectivity index (χ3n) is 1.58. The lowest BCUT2D eigenvalue weighted by Crippen LogP contribution is -2.45. The number of methoxy groups -OCH3 is 1. The monoisotopic (exact) mass is 284 g/mol. The van der Waals surface area contributed by atoms with Crippen molar-refractivity contribution < 1.29 is 32.6 Å². The molecule has 1 atom stereocenters. The van der Waals surface area contributed by atoms with Crippen molar-refractivity contribution in [3.8, 4) is 0 Å². The topological polar surface area (TPSA) is 131 Å². The second kappa shape index (κ2) is 7.13. The Balaban J connectivity index is 4.32. The molecular weight excluding hydrogens is 268 g/mol. The average Bonchev–Trinajstić information content (AvgIpc) is 2.14. The van der Waals surface area contributed by atoms with Gasteiger partial charge in [-0.3, -0.25) is 0 Å². The van der Waals surface area contributed by atoms with Gasteiger partial charge in [0.25, 0.3) is 0 Å². The minimum atomic E-state index is -4.18. The molecule has 0 rings (SSSR count). The summed E-state index contributed by atoms with van der Waals surface area (Å²) < 4.78 is 35.1. The van der Waals surface area contributed by atoms with E-state index in [9.17, 15) is 18.0 Å². The second-order valence-electron chi connectivity index (χ2n) is 3.47. The zero-order valence-electron chi connectivity index (χ0n) is 10.2. The van der Waals surface area contributed by atoms with E-state index in [1.54, 1.807) is 18.6 Å². The van der Waals surface area contributed by atoms with Crippen molar-refractivity contribution in [2.24, 2.45) is 0 Å². The molecule has 9 nitrogen and oxygen atoms in total. The number of aliphatic carboxylic acids is 1. The lowest BCUT2D eigenvalue weighted by atomic mass is 10.4. The highest BCUT2D eigenvalue weighted by atomic mass is 32.2. The molecule has 0 spiro atoms. The molecule has 0 bridgehead atoms. The Morgan fingerprint density at radius 3 is 2.28 bits per heavy atom. The predicted molar refractivity (Wildman–Crippen MR) is 60.1 cm³/mol. The van der Waals surface area contributed by atoms with Gasteiger partial charge < -0.3 is 14.6 Å². The van der Waals surface area contributed by atoms with Gasteiger partial charge in [0.15, 0.2) is 6.10 Å². The summed E-state index contributed by atoms with van der Waals surface area (Å²) in [5, 5.41) is 8.60. The summed E-state index contributed by atoms with van der Waals surface area (Å²) in [5.41, 5.74) is 0. The summed E-state index contributed by atoms with van der Waals surface area (Å²) >= 11 is 0. The van der Waals surface area contributed by atoms with E-state index in [-0.39, 0.29) is 0 Å². The summed E-state index contributed by atoms with van der Waals surface area (Å²) in [6.45, 7) is 2.58. The number of rotatable bonds is 7. The first-order valence-electron chi connectivity index (χ1n) is 4.91. The number of carboxylic acids is 1. The van der Waals surface area contributed by atoms with Crippen molar-refractivity contribution in [2.45, 2.75) is 26.1 Å². The molecule has 0 fully saturated rings. The molecule has 0 saturated heterocycles. The summed E-state index contributed by atoms with van der Waals surface area (Å²) in [5.74, 6) is -1.33. The van der Waals surface area contributed by atoms with Crippen molar-refractivity contribution >= 4 is 22.3 Å². The number of carbonyl (C=O) groups is 2. The zero-order valence-corrected chi connectivity index (χ0v) is 11.0. The molecular formula is C8H16N2O7S. The zero-order chi connectivity index (χ0) is 14.3. The van der Waals surface area contributed by atoms with Gasteiger partial charge in [0.2, 0.25) is 0 Å². The van der Waals surface area contributed by atoms with Crippen LogP contribution in [0.1, 0.15) is 13.8 Å². The van der Waals surface area contributed by atoms with Crippen LogP contribution in [0.2, 0.25) is 0 Å². The second-order valence-corrected chi connectivity index (χ2v) is 4.97. The molecule has 18 heavy (non-hydrogen) atoms. The van der Waals surface area contributed by atoms with Gasteiger partial charge in [0.1, 0.15) is 0 Å². The molecule has 3 N–H and O–H groups in total. The smallest absolute Gasteiger partial charge is 0.422 e. The summed E-state index contributed by atoms with van der Waals surface area (Å²) in [6, 6.07) is 0.